The molecule has 1 saturated heterocycles. The van der Waals surface area contributed by atoms with Crippen LogP contribution in [-0.2, 0) is 46.3 Å². The van der Waals surface area contributed by atoms with Gasteiger partial charge >= 0.3 is 5.97 Å². The van der Waals surface area contributed by atoms with Crippen molar-refractivity contribution in [2.24, 2.45) is 0 Å². The summed E-state index contributed by atoms with van der Waals surface area (Å²) in [5.41, 5.74) is 5.19. The molecule has 0 radical (unpaired) electrons. The van der Waals surface area contributed by atoms with Crippen LogP contribution in [0, 0.1) is 32.0 Å². The topological polar surface area (TPSA) is 136 Å². The van der Waals surface area contributed by atoms with Crippen LogP contribution in [0.2, 0.25) is 0 Å². The Hall–Kier alpha value is -4.95. The number of piperidine rings is 1. The van der Waals surface area contributed by atoms with Crippen LogP contribution in [-0.4, -0.2) is 124 Å². The Kier molecular flexibility index (Phi) is 18.5. The van der Waals surface area contributed by atoms with Crippen LogP contribution >= 0.6 is 0 Å². The molecule has 0 spiro atoms. The predicted octanol–water partition coefficient (Wildman–Crippen LogP) is 5.58. The number of halogens is 1. The minimum atomic E-state index is -0.645. The molecule has 1 atom stereocenters. The van der Waals surface area contributed by atoms with E-state index in [2.05, 4.69) is 42.4 Å². The number of aryl methyl sites for hydroxylation is 2. The van der Waals surface area contributed by atoms with Crippen molar-refractivity contribution in [2.75, 3.05) is 97.3 Å². The Morgan fingerprint density at radius 2 is 1.58 bits per heavy atom. The number of fused-ring (bicyclic) bond motifs is 1. The number of aromatic nitrogens is 3. The molecule has 15 heteroatoms. The fraction of sp³-hybridized carbons (Fsp3) is 0.532. The number of terminal acetylenes is 1. The Morgan fingerprint density at radius 1 is 0.855 bits per heavy atom. The third-order valence-electron chi connectivity index (χ3n) is 10.7. The van der Waals surface area contributed by atoms with Crippen LogP contribution in [0.15, 0.2) is 59.8 Å². The lowest BCUT2D eigenvalue weighted by Gasteiger charge is -2.40. The smallest absolute Gasteiger partial charge is 0.308 e. The van der Waals surface area contributed by atoms with E-state index < -0.39 is 11.8 Å². The van der Waals surface area contributed by atoms with Gasteiger partial charge in [-0.15, -0.1) is 6.42 Å². The number of anilines is 1. The van der Waals surface area contributed by atoms with Crippen molar-refractivity contribution in [3.8, 4) is 18.1 Å². The number of carbonyl (C=O) groups excluding carboxylic acids is 1. The molecule has 0 N–H and O–H groups in total. The molecule has 1 aromatic carbocycles. The largest absolute Gasteiger partial charge is 0.487 e. The first-order valence-corrected chi connectivity index (χ1v) is 21.6. The van der Waals surface area contributed by atoms with Gasteiger partial charge in [-0.2, -0.15) is 0 Å². The van der Waals surface area contributed by atoms with Crippen LogP contribution in [0.3, 0.4) is 0 Å². The summed E-state index contributed by atoms with van der Waals surface area (Å²) in [6, 6.07) is 11.5. The first kappa shape index (κ1) is 46.6. The van der Waals surface area contributed by atoms with Gasteiger partial charge < -0.3 is 42.6 Å². The van der Waals surface area contributed by atoms with E-state index in [-0.39, 0.29) is 56.1 Å². The van der Waals surface area contributed by atoms with Crippen LogP contribution in [0.1, 0.15) is 60.7 Å². The predicted molar refractivity (Wildman–Crippen MR) is 233 cm³/mol. The Balaban J connectivity index is 0.978. The minimum Gasteiger partial charge on any atom is -0.487 e. The van der Waals surface area contributed by atoms with Gasteiger partial charge in [-0.1, -0.05) is 5.92 Å². The number of benzene rings is 1. The number of rotatable bonds is 27. The number of nitrogens with zero attached hydrogens (tertiary/aromatic N) is 5. The Morgan fingerprint density at radius 3 is 2.26 bits per heavy atom. The second-order valence-electron chi connectivity index (χ2n) is 15.6. The third kappa shape index (κ3) is 14.6. The fourth-order valence-corrected chi connectivity index (χ4v) is 7.44. The summed E-state index contributed by atoms with van der Waals surface area (Å²) in [6.07, 6.45) is 14.8. The molecule has 1 aliphatic carbocycles. The van der Waals surface area contributed by atoms with Crippen molar-refractivity contribution in [3.05, 3.63) is 93.5 Å². The second-order valence-corrected chi connectivity index (χ2v) is 15.6. The highest BCUT2D eigenvalue weighted by Gasteiger charge is 2.30. The first-order chi connectivity index (χ1) is 30.3. The number of esters is 1. The summed E-state index contributed by atoms with van der Waals surface area (Å²) in [5.74, 6) is 1.29. The lowest BCUT2D eigenvalue weighted by Crippen LogP contribution is -2.48. The summed E-state index contributed by atoms with van der Waals surface area (Å²) in [6.45, 7) is 10.4. The van der Waals surface area contributed by atoms with E-state index in [4.69, 9.17) is 39.6 Å². The van der Waals surface area contributed by atoms with Gasteiger partial charge in [0.1, 0.15) is 19.8 Å². The van der Waals surface area contributed by atoms with E-state index in [1.54, 1.807) is 6.07 Å². The van der Waals surface area contributed by atoms with Gasteiger partial charge in [0, 0.05) is 79.1 Å². The highest BCUT2D eigenvalue weighted by molar-refractivity contribution is 5.81. The Labute approximate surface area is 363 Å². The monoisotopic (exact) mass is 857 g/mol. The first-order valence-electron chi connectivity index (χ1n) is 21.6. The molecule has 4 heterocycles. The van der Waals surface area contributed by atoms with Gasteiger partial charge in [0.15, 0.2) is 17.0 Å². The molecule has 6 rings (SSSR count). The SMILES string of the molecule is C#CCOCCOCCOCCOCCOCCC(=O)OCCOc1cc2c(cc1F)c(=O)c(CN(Cc1ccnc(C)c1)[C@H]1CCCN(c3ccc(C)nc3)C1)cn2C1CC1. The molecule has 4 aromatic rings. The highest BCUT2D eigenvalue weighted by atomic mass is 19.1. The summed E-state index contributed by atoms with van der Waals surface area (Å²) in [5, 5.41) is 0.320. The second kappa shape index (κ2) is 24.6. The zero-order valence-corrected chi connectivity index (χ0v) is 36.1. The summed E-state index contributed by atoms with van der Waals surface area (Å²) in [7, 11) is 0. The van der Waals surface area contributed by atoms with Crippen LogP contribution in [0.5, 0.6) is 5.75 Å². The van der Waals surface area contributed by atoms with E-state index in [1.165, 1.54) is 6.07 Å². The van der Waals surface area contributed by atoms with E-state index in [9.17, 15) is 9.59 Å². The van der Waals surface area contributed by atoms with E-state index in [0.29, 0.717) is 82.4 Å². The van der Waals surface area contributed by atoms with Gasteiger partial charge in [0.05, 0.1) is 83.3 Å². The van der Waals surface area contributed by atoms with E-state index in [1.807, 2.05) is 44.6 Å². The van der Waals surface area contributed by atoms with Gasteiger partial charge in [-0.25, -0.2) is 4.39 Å². The van der Waals surface area contributed by atoms with Gasteiger partial charge in [0.25, 0.3) is 0 Å². The van der Waals surface area contributed by atoms with Crippen LogP contribution in [0.4, 0.5) is 10.1 Å². The lowest BCUT2D eigenvalue weighted by molar-refractivity contribution is -0.145. The number of hydrogen-bond donors (Lipinski definition) is 0. The molecule has 334 valence electrons. The van der Waals surface area contributed by atoms with E-state index in [0.717, 1.165) is 61.4 Å². The highest BCUT2D eigenvalue weighted by Crippen LogP contribution is 2.38. The molecule has 2 fully saturated rings. The number of pyridine rings is 3. The molecule has 0 amide bonds. The maximum Gasteiger partial charge on any atom is 0.308 e. The van der Waals surface area contributed by atoms with Crippen LogP contribution < -0.4 is 15.1 Å². The van der Waals surface area contributed by atoms with Crippen molar-refractivity contribution in [2.45, 2.75) is 71.1 Å². The number of ether oxygens (including phenoxy) is 7. The molecule has 3 aromatic heterocycles. The molecule has 14 nitrogen and oxygen atoms in total. The van der Waals surface area contributed by atoms with Crippen LogP contribution in [0.25, 0.3) is 10.9 Å². The molecule has 0 unspecified atom stereocenters. The quantitative estimate of drug-likeness (QED) is 0.0420. The summed E-state index contributed by atoms with van der Waals surface area (Å²) >= 11 is 0. The van der Waals surface area contributed by atoms with Gasteiger partial charge in [-0.3, -0.25) is 24.5 Å². The standard InChI is InChI=1S/C47H60FN5O9/c1-4-15-56-17-19-58-21-23-60-24-22-59-20-18-57-16-12-46(54)62-26-25-61-45-29-44-42(28-43(45)48)47(55)38(33-53(44)39-9-10-39)32-52(31-37-11-13-49-36(3)27-37)41-6-5-14-51(34-41)40-8-7-35(2)50-30-40/h1,7-8,11,13,27-30,33,39,41H,5-6,9-10,12,14-26,31-32,34H2,2-3H3/t41-/m0/s1. The van der Waals surface area contributed by atoms with Gasteiger partial charge in [0.2, 0.25) is 0 Å². The molecule has 2 aliphatic rings. The number of hydrogen-bond acceptors (Lipinski definition) is 13. The minimum absolute atomic E-state index is 0.00172. The Bertz CT molecular complexity index is 2120. The third-order valence-corrected chi connectivity index (χ3v) is 10.7. The molecular weight excluding hydrogens is 798 g/mol. The summed E-state index contributed by atoms with van der Waals surface area (Å²) in [4.78, 5) is 40.2. The zero-order valence-electron chi connectivity index (χ0n) is 36.1. The average Bonchev–Trinajstić information content (AvgIpc) is 4.12. The number of carbonyl (C=O) groups is 1. The molecule has 1 saturated carbocycles. The molecule has 0 bridgehead atoms. The van der Waals surface area contributed by atoms with E-state index >= 15 is 4.39 Å². The molecular formula is C47H60FN5O9. The fourth-order valence-electron chi connectivity index (χ4n) is 7.44. The zero-order chi connectivity index (χ0) is 43.5. The maximum atomic E-state index is 15.7. The van der Waals surface area contributed by atoms with Gasteiger partial charge in [-0.05, 0) is 75.4 Å². The summed E-state index contributed by atoms with van der Waals surface area (Å²) < 4.78 is 55.7. The van der Waals surface area contributed by atoms with Crippen molar-refractivity contribution in [3.63, 3.8) is 0 Å². The van der Waals surface area contributed by atoms with Crippen molar-refractivity contribution in [1.82, 2.24) is 19.4 Å². The normalized spacial score (nSPS) is 15.3. The average molecular weight is 858 g/mol. The lowest BCUT2D eigenvalue weighted by atomic mass is 10.0. The van der Waals surface area contributed by atoms with Crippen molar-refractivity contribution in [1.29, 1.82) is 0 Å². The van der Waals surface area contributed by atoms with Crippen molar-refractivity contribution < 1.29 is 42.3 Å². The maximum absolute atomic E-state index is 15.7. The molecule has 1 aliphatic heterocycles. The van der Waals surface area contributed by atoms with Crippen molar-refractivity contribution >= 4 is 22.6 Å². The molecule has 62 heavy (non-hydrogen) atoms.